The monoisotopic (exact) mass is 435 g/mol. The summed E-state index contributed by atoms with van der Waals surface area (Å²) in [5.41, 5.74) is 4.23. The highest BCUT2D eigenvalue weighted by Crippen LogP contribution is 2.33. The molecule has 1 aromatic carbocycles. The van der Waals surface area contributed by atoms with Gasteiger partial charge >= 0.3 is 0 Å². The highest BCUT2D eigenvalue weighted by molar-refractivity contribution is 5.76. The second-order valence-electron chi connectivity index (χ2n) is 8.74. The molecular formula is C23H29N7O2. The molecule has 1 amide bonds. The number of likely N-dealkylation sites (tertiary alicyclic amines) is 1. The minimum atomic E-state index is 0.117. The third-order valence-corrected chi connectivity index (χ3v) is 6.51. The number of carbonyl (C=O) groups is 1. The summed E-state index contributed by atoms with van der Waals surface area (Å²) in [4.78, 5) is 25.4. The average Bonchev–Trinajstić information content (AvgIpc) is 3.41. The van der Waals surface area contributed by atoms with Gasteiger partial charge in [0, 0.05) is 32.8 Å². The summed E-state index contributed by atoms with van der Waals surface area (Å²) in [6.07, 6.45) is 6.59. The predicted octanol–water partition coefficient (Wildman–Crippen LogP) is 2.58. The molecule has 1 saturated heterocycles. The van der Waals surface area contributed by atoms with Crippen LogP contribution in [0.3, 0.4) is 0 Å². The van der Waals surface area contributed by atoms with Crippen molar-refractivity contribution in [1.29, 1.82) is 0 Å². The van der Waals surface area contributed by atoms with E-state index in [1.165, 1.54) is 11.1 Å². The molecule has 4 heterocycles. The molecule has 2 aliphatic heterocycles. The van der Waals surface area contributed by atoms with Gasteiger partial charge in [-0.1, -0.05) is 0 Å². The van der Waals surface area contributed by atoms with Gasteiger partial charge in [0.1, 0.15) is 5.75 Å². The molecule has 1 fully saturated rings. The van der Waals surface area contributed by atoms with Crippen LogP contribution in [0.2, 0.25) is 0 Å². The van der Waals surface area contributed by atoms with Crippen LogP contribution in [0.15, 0.2) is 24.5 Å². The Bertz CT molecular complexity index is 1160. The molecule has 0 aliphatic carbocycles. The van der Waals surface area contributed by atoms with Gasteiger partial charge in [0.05, 0.1) is 37.0 Å². The Labute approximate surface area is 187 Å². The number of nitrogens with one attached hydrogen (secondary N) is 1. The van der Waals surface area contributed by atoms with E-state index in [1.807, 2.05) is 9.58 Å². The van der Waals surface area contributed by atoms with E-state index in [0.29, 0.717) is 12.5 Å². The first-order valence-corrected chi connectivity index (χ1v) is 11.1. The SMILES string of the molecule is COc1cc2c(cc1Nc1ncc3cnn(CC4CCCN4C(C)=O)c3n1)CN(C)CC2. The fraction of sp³-hybridized carbons (Fsp3) is 0.478. The van der Waals surface area contributed by atoms with Crippen molar-refractivity contribution in [3.05, 3.63) is 35.7 Å². The van der Waals surface area contributed by atoms with Crippen molar-refractivity contribution in [2.24, 2.45) is 0 Å². The quantitative estimate of drug-likeness (QED) is 0.659. The molecule has 1 N–H and O–H groups in total. The van der Waals surface area contributed by atoms with Crippen molar-refractivity contribution in [3.8, 4) is 5.75 Å². The lowest BCUT2D eigenvalue weighted by Crippen LogP contribution is -2.36. The zero-order valence-corrected chi connectivity index (χ0v) is 18.8. The van der Waals surface area contributed by atoms with Crippen LogP contribution < -0.4 is 10.1 Å². The number of rotatable bonds is 5. The van der Waals surface area contributed by atoms with E-state index < -0.39 is 0 Å². The van der Waals surface area contributed by atoms with Gasteiger partial charge in [-0.05, 0) is 49.6 Å². The fourth-order valence-corrected chi connectivity index (χ4v) is 4.81. The summed E-state index contributed by atoms with van der Waals surface area (Å²) in [5, 5.41) is 8.74. The molecule has 9 nitrogen and oxygen atoms in total. The van der Waals surface area contributed by atoms with E-state index in [0.717, 1.165) is 61.4 Å². The van der Waals surface area contributed by atoms with Crippen molar-refractivity contribution >= 4 is 28.6 Å². The molecule has 0 saturated carbocycles. The molecule has 1 unspecified atom stereocenters. The lowest BCUT2D eigenvalue weighted by Gasteiger charge is -2.26. The zero-order valence-electron chi connectivity index (χ0n) is 18.8. The van der Waals surface area contributed by atoms with E-state index in [4.69, 9.17) is 9.72 Å². The summed E-state index contributed by atoms with van der Waals surface area (Å²) in [6.45, 7) is 5.04. The molecule has 32 heavy (non-hydrogen) atoms. The van der Waals surface area contributed by atoms with Crippen molar-refractivity contribution in [2.45, 2.75) is 45.3 Å². The molecule has 0 spiro atoms. The van der Waals surface area contributed by atoms with Gasteiger partial charge in [-0.3, -0.25) is 4.79 Å². The molecule has 3 aromatic rings. The van der Waals surface area contributed by atoms with Gasteiger partial charge in [0.25, 0.3) is 0 Å². The van der Waals surface area contributed by atoms with Crippen molar-refractivity contribution in [3.63, 3.8) is 0 Å². The number of nitrogens with zero attached hydrogens (tertiary/aromatic N) is 6. The van der Waals surface area contributed by atoms with Crippen LogP contribution in [-0.4, -0.2) is 68.7 Å². The molecule has 0 radical (unpaired) electrons. The minimum absolute atomic E-state index is 0.117. The van der Waals surface area contributed by atoms with Gasteiger partial charge in [-0.25, -0.2) is 9.67 Å². The van der Waals surface area contributed by atoms with Gasteiger partial charge in [-0.15, -0.1) is 0 Å². The molecule has 168 valence electrons. The number of aromatic nitrogens is 4. The Balaban J connectivity index is 1.43. The number of ether oxygens (including phenoxy) is 1. The van der Waals surface area contributed by atoms with E-state index in [1.54, 1.807) is 26.4 Å². The normalized spacial score (nSPS) is 18.7. The number of hydrogen-bond acceptors (Lipinski definition) is 7. The Kier molecular flexibility index (Phi) is 5.42. The number of fused-ring (bicyclic) bond motifs is 2. The Hall–Kier alpha value is -3.20. The van der Waals surface area contributed by atoms with Crippen LogP contribution in [0.25, 0.3) is 11.0 Å². The Morgan fingerprint density at radius 3 is 2.94 bits per heavy atom. The summed E-state index contributed by atoms with van der Waals surface area (Å²) in [6, 6.07) is 4.40. The molecule has 2 aromatic heterocycles. The maximum Gasteiger partial charge on any atom is 0.229 e. The largest absolute Gasteiger partial charge is 0.495 e. The molecular weight excluding hydrogens is 406 g/mol. The van der Waals surface area contributed by atoms with Gasteiger partial charge in [0.2, 0.25) is 11.9 Å². The number of hydrogen-bond donors (Lipinski definition) is 1. The van der Waals surface area contributed by atoms with E-state index in [-0.39, 0.29) is 11.9 Å². The number of carbonyl (C=O) groups excluding carboxylic acids is 1. The summed E-state index contributed by atoms with van der Waals surface area (Å²) >= 11 is 0. The van der Waals surface area contributed by atoms with Crippen molar-refractivity contribution in [2.75, 3.05) is 32.6 Å². The first-order chi connectivity index (χ1) is 15.5. The van der Waals surface area contributed by atoms with Gasteiger partial charge in [0.15, 0.2) is 5.65 Å². The number of anilines is 2. The topological polar surface area (TPSA) is 88.4 Å². The highest BCUT2D eigenvalue weighted by atomic mass is 16.5. The predicted molar refractivity (Wildman–Crippen MR) is 122 cm³/mol. The van der Waals surface area contributed by atoms with Crippen LogP contribution in [-0.2, 0) is 24.3 Å². The number of methoxy groups -OCH3 is 1. The summed E-state index contributed by atoms with van der Waals surface area (Å²) in [5.74, 6) is 1.40. The molecule has 5 rings (SSSR count). The summed E-state index contributed by atoms with van der Waals surface area (Å²) in [7, 11) is 3.82. The van der Waals surface area contributed by atoms with Crippen molar-refractivity contribution < 1.29 is 9.53 Å². The summed E-state index contributed by atoms with van der Waals surface area (Å²) < 4.78 is 7.53. The second-order valence-corrected chi connectivity index (χ2v) is 8.74. The first kappa shape index (κ1) is 20.7. The molecule has 0 bridgehead atoms. The Morgan fingerprint density at radius 1 is 1.25 bits per heavy atom. The highest BCUT2D eigenvalue weighted by Gasteiger charge is 2.27. The maximum atomic E-state index is 11.9. The average molecular weight is 436 g/mol. The van der Waals surface area contributed by atoms with Crippen LogP contribution in [0.4, 0.5) is 11.6 Å². The van der Waals surface area contributed by atoms with E-state index in [9.17, 15) is 4.79 Å². The van der Waals surface area contributed by atoms with Crippen LogP contribution in [0.5, 0.6) is 5.75 Å². The second kappa shape index (κ2) is 8.38. The molecule has 1 atom stereocenters. The van der Waals surface area contributed by atoms with Gasteiger partial charge < -0.3 is 19.9 Å². The number of likely N-dealkylation sites (N-methyl/N-ethyl adjacent to an activating group) is 1. The van der Waals surface area contributed by atoms with E-state index in [2.05, 4.69) is 39.5 Å². The molecule has 9 heteroatoms. The standard InChI is InChI=1S/C23H29N7O2/c1-15(31)29-7-4-5-19(29)14-30-22-18(12-25-30)11-24-23(27-22)26-20-9-17-13-28(2)8-6-16(17)10-21(20)32-3/h9-12,19H,4-8,13-14H2,1-3H3,(H,24,26,27). The minimum Gasteiger partial charge on any atom is -0.495 e. The first-order valence-electron chi connectivity index (χ1n) is 11.1. The Morgan fingerprint density at radius 2 is 2.12 bits per heavy atom. The fourth-order valence-electron chi connectivity index (χ4n) is 4.81. The van der Waals surface area contributed by atoms with Crippen LogP contribution >= 0.6 is 0 Å². The molecule has 2 aliphatic rings. The maximum absolute atomic E-state index is 11.9. The lowest BCUT2D eigenvalue weighted by atomic mass is 9.99. The lowest BCUT2D eigenvalue weighted by molar-refractivity contribution is -0.129. The van der Waals surface area contributed by atoms with Crippen molar-refractivity contribution in [1.82, 2.24) is 29.5 Å². The number of amides is 1. The van der Waals surface area contributed by atoms with E-state index >= 15 is 0 Å². The zero-order chi connectivity index (χ0) is 22.2. The number of benzene rings is 1. The van der Waals surface area contributed by atoms with Crippen LogP contribution in [0, 0.1) is 0 Å². The smallest absolute Gasteiger partial charge is 0.229 e. The third kappa shape index (κ3) is 3.88. The van der Waals surface area contributed by atoms with Crippen LogP contribution in [0.1, 0.15) is 30.9 Å². The van der Waals surface area contributed by atoms with Gasteiger partial charge in [-0.2, -0.15) is 10.1 Å². The third-order valence-electron chi connectivity index (χ3n) is 6.51.